The number of hydrogen-bond donors (Lipinski definition) is 1. The number of carbonyl (C=O) groups is 1. The molecule has 3 aromatic heterocycles. The fraction of sp³-hybridized carbons (Fsp3) is 0.353. The van der Waals surface area contributed by atoms with Crippen LogP contribution in [0.25, 0.3) is 0 Å². The summed E-state index contributed by atoms with van der Waals surface area (Å²) in [6.45, 7) is 6.85. The standard InChI is InChI=1S/C17H20N6O2S/c1-4-23-10-20-21-15(23)8-19-16(24)13-6-5-7-18-17(13)26-9-14-11(2)22-25-12(14)3/h5-7,10H,4,8-9H2,1-3H3,(H,19,24). The van der Waals surface area contributed by atoms with Gasteiger partial charge in [0.2, 0.25) is 0 Å². The van der Waals surface area contributed by atoms with Crippen LogP contribution in [-0.2, 0) is 18.8 Å². The lowest BCUT2D eigenvalue weighted by Gasteiger charge is -2.09. The maximum atomic E-state index is 12.6. The highest BCUT2D eigenvalue weighted by Crippen LogP contribution is 2.27. The van der Waals surface area contributed by atoms with E-state index in [1.165, 1.54) is 11.8 Å². The van der Waals surface area contributed by atoms with E-state index in [9.17, 15) is 4.79 Å². The summed E-state index contributed by atoms with van der Waals surface area (Å²) in [4.78, 5) is 17.0. The van der Waals surface area contributed by atoms with E-state index in [1.807, 2.05) is 25.3 Å². The number of amides is 1. The largest absolute Gasteiger partial charge is 0.361 e. The number of aryl methyl sites for hydroxylation is 3. The van der Waals surface area contributed by atoms with Crippen molar-refractivity contribution in [3.63, 3.8) is 0 Å². The molecule has 3 aromatic rings. The first-order valence-electron chi connectivity index (χ1n) is 8.24. The molecule has 8 nitrogen and oxygen atoms in total. The van der Waals surface area contributed by atoms with Crippen molar-refractivity contribution in [2.45, 2.75) is 44.6 Å². The Balaban J connectivity index is 1.69. The zero-order chi connectivity index (χ0) is 18.5. The average molecular weight is 372 g/mol. The van der Waals surface area contributed by atoms with Crippen LogP contribution in [0.1, 0.15) is 40.1 Å². The molecule has 0 unspecified atom stereocenters. The van der Waals surface area contributed by atoms with Gasteiger partial charge < -0.3 is 14.4 Å². The first-order chi connectivity index (χ1) is 12.6. The smallest absolute Gasteiger partial charge is 0.254 e. The summed E-state index contributed by atoms with van der Waals surface area (Å²) in [5, 5.41) is 15.4. The second kappa shape index (κ2) is 8.13. The third kappa shape index (κ3) is 3.93. The van der Waals surface area contributed by atoms with Gasteiger partial charge in [0.15, 0.2) is 5.82 Å². The lowest BCUT2D eigenvalue weighted by atomic mass is 10.2. The second-order valence-electron chi connectivity index (χ2n) is 5.66. The van der Waals surface area contributed by atoms with E-state index in [4.69, 9.17) is 4.52 Å². The van der Waals surface area contributed by atoms with Gasteiger partial charge in [-0.2, -0.15) is 0 Å². The number of carbonyl (C=O) groups excluding carboxylic acids is 1. The molecule has 1 amide bonds. The van der Waals surface area contributed by atoms with Gasteiger partial charge >= 0.3 is 0 Å². The van der Waals surface area contributed by atoms with E-state index < -0.39 is 0 Å². The SMILES string of the molecule is CCn1cnnc1CNC(=O)c1cccnc1SCc1c(C)noc1C. The minimum atomic E-state index is -0.190. The van der Waals surface area contributed by atoms with Crippen molar-refractivity contribution >= 4 is 17.7 Å². The summed E-state index contributed by atoms with van der Waals surface area (Å²) in [7, 11) is 0. The van der Waals surface area contributed by atoms with Gasteiger partial charge in [0.1, 0.15) is 17.1 Å². The predicted molar refractivity (Wildman–Crippen MR) is 96.6 cm³/mol. The minimum absolute atomic E-state index is 0.190. The minimum Gasteiger partial charge on any atom is -0.361 e. The predicted octanol–water partition coefficient (Wildman–Crippen LogP) is 2.52. The Bertz CT molecular complexity index is 885. The molecule has 0 saturated heterocycles. The van der Waals surface area contributed by atoms with Gasteiger partial charge in [0.05, 0.1) is 17.8 Å². The zero-order valence-electron chi connectivity index (χ0n) is 14.9. The van der Waals surface area contributed by atoms with Gasteiger partial charge in [-0.15, -0.1) is 22.0 Å². The third-order valence-corrected chi connectivity index (χ3v) is 5.03. The van der Waals surface area contributed by atoms with Crippen molar-refractivity contribution < 1.29 is 9.32 Å². The number of rotatable bonds is 7. The maximum absolute atomic E-state index is 12.6. The van der Waals surface area contributed by atoms with E-state index in [1.54, 1.807) is 24.7 Å². The van der Waals surface area contributed by atoms with Gasteiger partial charge in [-0.25, -0.2) is 4.98 Å². The summed E-state index contributed by atoms with van der Waals surface area (Å²) in [5.74, 6) is 1.96. The zero-order valence-corrected chi connectivity index (χ0v) is 15.7. The van der Waals surface area contributed by atoms with Crippen molar-refractivity contribution in [1.82, 2.24) is 30.2 Å². The molecule has 9 heteroatoms. The molecule has 0 atom stereocenters. The molecule has 136 valence electrons. The van der Waals surface area contributed by atoms with Gasteiger partial charge in [0, 0.05) is 24.1 Å². The molecule has 0 aliphatic carbocycles. The molecule has 1 N–H and O–H groups in total. The molecule has 0 spiro atoms. The molecule has 0 aromatic carbocycles. The molecular weight excluding hydrogens is 352 g/mol. The van der Waals surface area contributed by atoms with Gasteiger partial charge in [-0.3, -0.25) is 4.79 Å². The normalized spacial score (nSPS) is 10.9. The lowest BCUT2D eigenvalue weighted by molar-refractivity contribution is 0.0946. The molecule has 3 heterocycles. The molecule has 26 heavy (non-hydrogen) atoms. The Morgan fingerprint density at radius 1 is 1.38 bits per heavy atom. The molecule has 0 aliphatic heterocycles. The van der Waals surface area contributed by atoms with Crippen LogP contribution in [0.2, 0.25) is 0 Å². The summed E-state index contributed by atoms with van der Waals surface area (Å²) in [5.41, 5.74) is 2.42. The highest BCUT2D eigenvalue weighted by atomic mass is 32.2. The van der Waals surface area contributed by atoms with Crippen LogP contribution < -0.4 is 5.32 Å². The second-order valence-corrected chi connectivity index (χ2v) is 6.63. The van der Waals surface area contributed by atoms with Crippen molar-refractivity contribution in [3.05, 3.63) is 53.1 Å². The van der Waals surface area contributed by atoms with E-state index >= 15 is 0 Å². The molecular formula is C17H20N6O2S. The van der Waals surface area contributed by atoms with E-state index in [-0.39, 0.29) is 5.91 Å². The van der Waals surface area contributed by atoms with Crippen molar-refractivity contribution in [3.8, 4) is 0 Å². The monoisotopic (exact) mass is 372 g/mol. The van der Waals surface area contributed by atoms with Gasteiger partial charge in [-0.05, 0) is 32.9 Å². The van der Waals surface area contributed by atoms with Crippen LogP contribution in [0.3, 0.4) is 0 Å². The first kappa shape index (κ1) is 18.1. The number of aromatic nitrogens is 5. The van der Waals surface area contributed by atoms with Crippen LogP contribution in [0, 0.1) is 13.8 Å². The quantitative estimate of drug-likeness (QED) is 0.636. The van der Waals surface area contributed by atoms with Crippen LogP contribution in [-0.4, -0.2) is 30.8 Å². The van der Waals surface area contributed by atoms with Crippen molar-refractivity contribution in [2.24, 2.45) is 0 Å². The third-order valence-electron chi connectivity index (χ3n) is 3.99. The molecule has 3 rings (SSSR count). The number of hydrogen-bond acceptors (Lipinski definition) is 7. The first-order valence-corrected chi connectivity index (χ1v) is 9.23. The number of pyridine rings is 1. The Labute approximate surface area is 155 Å². The molecule has 0 bridgehead atoms. The average Bonchev–Trinajstić information content (AvgIpc) is 3.24. The van der Waals surface area contributed by atoms with E-state index in [2.05, 4.69) is 25.7 Å². The Kier molecular flexibility index (Phi) is 5.67. The summed E-state index contributed by atoms with van der Waals surface area (Å²) < 4.78 is 7.07. The summed E-state index contributed by atoms with van der Waals surface area (Å²) in [6.07, 6.45) is 3.33. The fourth-order valence-electron chi connectivity index (χ4n) is 2.46. The highest BCUT2D eigenvalue weighted by Gasteiger charge is 2.16. The lowest BCUT2D eigenvalue weighted by Crippen LogP contribution is -2.25. The Morgan fingerprint density at radius 3 is 2.96 bits per heavy atom. The molecule has 0 saturated carbocycles. The van der Waals surface area contributed by atoms with E-state index in [0.717, 1.165) is 29.4 Å². The van der Waals surface area contributed by atoms with Crippen LogP contribution in [0.15, 0.2) is 34.2 Å². The maximum Gasteiger partial charge on any atom is 0.254 e. The Hall–Kier alpha value is -2.68. The molecule has 0 radical (unpaired) electrons. The van der Waals surface area contributed by atoms with E-state index in [0.29, 0.717) is 22.9 Å². The van der Waals surface area contributed by atoms with Gasteiger partial charge in [-0.1, -0.05) is 5.16 Å². The van der Waals surface area contributed by atoms with Crippen LogP contribution in [0.5, 0.6) is 0 Å². The summed E-state index contributed by atoms with van der Waals surface area (Å²) in [6, 6.07) is 3.52. The highest BCUT2D eigenvalue weighted by molar-refractivity contribution is 7.98. The molecule has 0 fully saturated rings. The number of nitrogens with zero attached hydrogens (tertiary/aromatic N) is 5. The topological polar surface area (TPSA) is 98.7 Å². The van der Waals surface area contributed by atoms with Crippen LogP contribution >= 0.6 is 11.8 Å². The van der Waals surface area contributed by atoms with Crippen molar-refractivity contribution in [1.29, 1.82) is 0 Å². The summed E-state index contributed by atoms with van der Waals surface area (Å²) >= 11 is 1.49. The Morgan fingerprint density at radius 2 is 2.23 bits per heavy atom. The van der Waals surface area contributed by atoms with Crippen LogP contribution in [0.4, 0.5) is 0 Å². The number of thioether (sulfide) groups is 1. The van der Waals surface area contributed by atoms with Crippen molar-refractivity contribution in [2.75, 3.05) is 0 Å². The molecule has 0 aliphatic rings. The fourth-order valence-corrected chi connectivity index (χ4v) is 3.61. The van der Waals surface area contributed by atoms with Gasteiger partial charge in [0.25, 0.3) is 5.91 Å². The number of nitrogens with one attached hydrogen (secondary N) is 1.